The van der Waals surface area contributed by atoms with Crippen LogP contribution in [0.3, 0.4) is 0 Å². The first-order valence-electron chi connectivity index (χ1n) is 4.32. The second kappa shape index (κ2) is 7.63. The molecule has 1 rings (SSSR count). The fourth-order valence-corrected chi connectivity index (χ4v) is 1.71. The molecule has 13 heavy (non-hydrogen) atoms. The summed E-state index contributed by atoms with van der Waals surface area (Å²) in [6.07, 6.45) is 1.21. The van der Waals surface area contributed by atoms with E-state index in [1.54, 1.807) is 0 Å². The summed E-state index contributed by atoms with van der Waals surface area (Å²) in [7, 11) is 1.32. The molecule has 0 aromatic heterocycles. The summed E-state index contributed by atoms with van der Waals surface area (Å²) in [5.74, 6) is -0.745. The quantitative estimate of drug-likeness (QED) is 0.688. The molecule has 3 unspecified atom stereocenters. The van der Waals surface area contributed by atoms with Crippen molar-refractivity contribution in [2.75, 3.05) is 13.8 Å². The molecular weight excluding hydrogens is 194 g/mol. The monoisotopic (exact) mass is 212 g/mol. The maximum atomic E-state index is 12.8. The van der Waals surface area contributed by atoms with Crippen molar-refractivity contribution in [3.05, 3.63) is 0 Å². The van der Waals surface area contributed by atoms with Crippen molar-refractivity contribution in [3.63, 3.8) is 0 Å². The second-order valence-electron chi connectivity index (χ2n) is 2.78. The molecule has 2 N–H and O–H groups in total. The van der Waals surface area contributed by atoms with Gasteiger partial charge in [-0.1, -0.05) is 8.58 Å². The van der Waals surface area contributed by atoms with E-state index in [9.17, 15) is 4.39 Å². The first kappa shape index (κ1) is 13.2. The third-order valence-electron chi connectivity index (χ3n) is 1.87. The predicted octanol–water partition coefficient (Wildman–Crippen LogP) is 1.09. The van der Waals surface area contributed by atoms with Crippen molar-refractivity contribution in [2.24, 2.45) is 0 Å². The lowest BCUT2D eigenvalue weighted by Crippen LogP contribution is -2.13. The van der Waals surface area contributed by atoms with Gasteiger partial charge in [0.25, 0.3) is 0 Å². The van der Waals surface area contributed by atoms with Crippen molar-refractivity contribution in [3.8, 4) is 0 Å². The number of hydrogen-bond acceptors (Lipinski definition) is 3. The fraction of sp³-hybridized carbons (Fsp3) is 1.00. The minimum Gasteiger partial charge on any atom is -0.400 e. The molecule has 0 aliphatic carbocycles. The predicted molar refractivity (Wildman–Crippen MR) is 52.0 cm³/mol. The van der Waals surface area contributed by atoms with Crippen LogP contribution in [-0.4, -0.2) is 42.3 Å². The van der Waals surface area contributed by atoms with Crippen molar-refractivity contribution in [2.45, 2.75) is 37.6 Å². The van der Waals surface area contributed by atoms with Gasteiger partial charge in [0.2, 0.25) is 0 Å². The Morgan fingerprint density at radius 3 is 2.54 bits per heavy atom. The summed E-state index contributed by atoms with van der Waals surface area (Å²) in [6.45, 7) is 1.84. The molecule has 80 valence electrons. The van der Waals surface area contributed by atoms with Gasteiger partial charge < -0.3 is 14.9 Å². The van der Waals surface area contributed by atoms with Crippen molar-refractivity contribution in [1.29, 1.82) is 0 Å². The maximum absolute atomic E-state index is 12.8. The minimum absolute atomic E-state index is 0.0487. The molecule has 3 nitrogen and oxygen atoms in total. The summed E-state index contributed by atoms with van der Waals surface area (Å²) >= 11 is 0. The van der Waals surface area contributed by atoms with Crippen LogP contribution in [-0.2, 0) is 4.74 Å². The van der Waals surface area contributed by atoms with E-state index in [4.69, 9.17) is 14.9 Å². The third kappa shape index (κ3) is 5.53. The summed E-state index contributed by atoms with van der Waals surface area (Å²) in [5, 5.41) is 15.9. The van der Waals surface area contributed by atoms with E-state index in [1.807, 2.05) is 6.66 Å². The molecule has 5 heteroatoms. The van der Waals surface area contributed by atoms with Gasteiger partial charge in [0, 0.05) is 20.0 Å². The molecule has 1 aliphatic rings. The van der Waals surface area contributed by atoms with Gasteiger partial charge >= 0.3 is 0 Å². The summed E-state index contributed by atoms with van der Waals surface area (Å²) in [4.78, 5) is 0. The molecule has 0 saturated carbocycles. The Bertz CT molecular complexity index is 126. The minimum atomic E-state index is -0.745. The molecule has 1 heterocycles. The maximum Gasteiger partial charge on any atom is 0.155 e. The van der Waals surface area contributed by atoms with Crippen LogP contribution in [0.5, 0.6) is 0 Å². The van der Waals surface area contributed by atoms with Crippen LogP contribution in [0.4, 0.5) is 4.39 Å². The van der Waals surface area contributed by atoms with Crippen LogP contribution < -0.4 is 0 Å². The zero-order chi connectivity index (χ0) is 10.3. The van der Waals surface area contributed by atoms with Crippen LogP contribution in [0.25, 0.3) is 0 Å². The largest absolute Gasteiger partial charge is 0.400 e. The molecule has 0 bridgehead atoms. The van der Waals surface area contributed by atoms with E-state index in [-0.39, 0.29) is 6.10 Å². The Morgan fingerprint density at radius 2 is 2.15 bits per heavy atom. The van der Waals surface area contributed by atoms with Gasteiger partial charge in [0.15, 0.2) is 6.29 Å². The zero-order valence-corrected chi connectivity index (χ0v) is 9.03. The summed E-state index contributed by atoms with van der Waals surface area (Å²) in [6, 6.07) is 0. The van der Waals surface area contributed by atoms with E-state index in [0.717, 1.165) is 13.5 Å². The number of aliphatic hydroxyl groups excluding tert-OH is 2. The lowest BCUT2D eigenvalue weighted by molar-refractivity contribution is -0.0933. The molecule has 0 amide bonds. The number of aliphatic hydroxyl groups is 2. The Morgan fingerprint density at radius 1 is 1.54 bits per heavy atom. The zero-order valence-electron chi connectivity index (χ0n) is 8.03. The highest BCUT2D eigenvalue weighted by Crippen LogP contribution is 2.27. The first-order chi connectivity index (χ1) is 6.22. The normalized spacial score (nSPS) is 30.2. The molecule has 1 aliphatic heterocycles. The van der Waals surface area contributed by atoms with Crippen LogP contribution in [0.2, 0.25) is 0 Å². The van der Waals surface area contributed by atoms with Crippen molar-refractivity contribution in [1.82, 2.24) is 0 Å². The molecule has 0 aromatic carbocycles. The van der Waals surface area contributed by atoms with Crippen LogP contribution in [0.1, 0.15) is 19.3 Å². The van der Waals surface area contributed by atoms with E-state index in [2.05, 4.69) is 0 Å². The van der Waals surface area contributed by atoms with Gasteiger partial charge in [-0.25, -0.2) is 4.39 Å². The van der Waals surface area contributed by atoms with Gasteiger partial charge in [-0.3, -0.25) is 0 Å². The van der Waals surface area contributed by atoms with Gasteiger partial charge in [-0.15, -0.1) is 0 Å². The van der Waals surface area contributed by atoms with E-state index in [0.29, 0.717) is 21.4 Å². The highest BCUT2D eigenvalue weighted by Gasteiger charge is 2.25. The van der Waals surface area contributed by atoms with Gasteiger partial charge in [0.1, 0.15) is 5.91 Å². The number of rotatable bonds is 3. The van der Waals surface area contributed by atoms with E-state index >= 15 is 0 Å². The van der Waals surface area contributed by atoms with Crippen LogP contribution >= 0.6 is 8.58 Å². The van der Waals surface area contributed by atoms with E-state index < -0.39 is 12.2 Å². The van der Waals surface area contributed by atoms with Gasteiger partial charge in [-0.05, 0) is 13.1 Å². The van der Waals surface area contributed by atoms with Crippen molar-refractivity contribution >= 4 is 8.58 Å². The fourth-order valence-electron chi connectivity index (χ4n) is 1.21. The number of halogens is 1. The number of hydrogen-bond donors (Lipinski definition) is 2. The molecule has 1 fully saturated rings. The average molecular weight is 212 g/mol. The molecule has 4 atom stereocenters. The Kier molecular flexibility index (Phi) is 7.77. The van der Waals surface area contributed by atoms with Gasteiger partial charge in [0.05, 0.1) is 6.10 Å². The highest BCUT2D eigenvalue weighted by molar-refractivity contribution is 7.37. The standard InChI is InChI=1S/C7H14FO2P.CH4O/c1-11-6(8)4-5-2-3-7(9)10-5;1-2/h5-7,9,11H,2-4H2,1H3;2H,1H3/t5-,6?,7?;/m0./s1. The molecule has 0 aromatic rings. The molecular formula is C8H18FO3P. The topological polar surface area (TPSA) is 49.7 Å². The molecule has 0 spiro atoms. The van der Waals surface area contributed by atoms with E-state index in [1.165, 1.54) is 0 Å². The average Bonchev–Trinajstić information content (AvgIpc) is 2.54. The molecule has 1 saturated heterocycles. The Balaban J connectivity index is 0.000000671. The Labute approximate surface area is 80.1 Å². The Hall–Kier alpha value is 0.240. The first-order valence-corrected chi connectivity index (χ1v) is 5.89. The van der Waals surface area contributed by atoms with Crippen molar-refractivity contribution < 1.29 is 19.3 Å². The smallest absolute Gasteiger partial charge is 0.155 e. The van der Waals surface area contributed by atoms with Crippen LogP contribution in [0, 0.1) is 0 Å². The summed E-state index contributed by atoms with van der Waals surface area (Å²) in [5.41, 5.74) is 0. The lowest BCUT2D eigenvalue weighted by Gasteiger charge is -2.11. The SMILES string of the molecule is CO.CPC(F)C[C@@H]1CCC(O)O1. The number of alkyl halides is 1. The van der Waals surface area contributed by atoms with Crippen LogP contribution in [0.15, 0.2) is 0 Å². The molecule has 0 radical (unpaired) electrons. The van der Waals surface area contributed by atoms with Gasteiger partial charge in [-0.2, -0.15) is 0 Å². The summed E-state index contributed by atoms with van der Waals surface area (Å²) < 4.78 is 17.8. The second-order valence-corrected chi connectivity index (χ2v) is 3.99. The number of ether oxygens (including phenoxy) is 1. The third-order valence-corrected chi connectivity index (χ3v) is 2.73. The highest BCUT2D eigenvalue weighted by atomic mass is 31.1. The lowest BCUT2D eigenvalue weighted by atomic mass is 10.2.